The zero-order chi connectivity index (χ0) is 18.1. The molecule has 4 aromatic rings. The molecule has 0 aliphatic heterocycles. The lowest BCUT2D eigenvalue weighted by molar-refractivity contribution is -0.384. The lowest BCUT2D eigenvalue weighted by atomic mass is 10.2. The quantitative estimate of drug-likeness (QED) is 0.415. The van der Waals surface area contributed by atoms with Crippen molar-refractivity contribution in [3.63, 3.8) is 0 Å². The van der Waals surface area contributed by atoms with Crippen molar-refractivity contribution in [2.75, 3.05) is 0 Å². The second-order valence-electron chi connectivity index (χ2n) is 5.46. The van der Waals surface area contributed by atoms with Crippen LogP contribution in [0.25, 0.3) is 23.0 Å². The fourth-order valence-electron chi connectivity index (χ4n) is 2.76. The maximum Gasteiger partial charge on any atom is 0.293 e. The van der Waals surface area contributed by atoms with Gasteiger partial charge in [0.15, 0.2) is 11.6 Å². The predicted molar refractivity (Wildman–Crippen MR) is 92.7 cm³/mol. The Labute approximate surface area is 147 Å². The van der Waals surface area contributed by atoms with Crippen LogP contribution in [0.15, 0.2) is 73.3 Å². The van der Waals surface area contributed by atoms with Crippen LogP contribution in [-0.2, 0) is 0 Å². The molecule has 2 aromatic carbocycles. The van der Waals surface area contributed by atoms with E-state index in [0.29, 0.717) is 23.0 Å². The van der Waals surface area contributed by atoms with Gasteiger partial charge < -0.3 is 0 Å². The Morgan fingerprint density at radius 1 is 0.885 bits per heavy atom. The first-order chi connectivity index (χ1) is 12.6. The second kappa shape index (κ2) is 6.25. The van der Waals surface area contributed by atoms with E-state index in [4.69, 9.17) is 0 Å². The number of nitrogens with zero attached hydrogens (tertiary/aromatic N) is 5. The Hall–Kier alpha value is -3.81. The molecule has 0 aliphatic carbocycles. The second-order valence-corrected chi connectivity index (χ2v) is 5.46. The van der Waals surface area contributed by atoms with Crippen molar-refractivity contribution < 1.29 is 9.31 Å². The summed E-state index contributed by atoms with van der Waals surface area (Å²) in [6.45, 7) is 0. The Kier molecular flexibility index (Phi) is 3.77. The summed E-state index contributed by atoms with van der Waals surface area (Å²) in [5.74, 6) is 0.588. The average molecular weight is 349 g/mol. The average Bonchev–Trinajstić information content (AvgIpc) is 3.31. The minimum atomic E-state index is -0.439. The van der Waals surface area contributed by atoms with Crippen LogP contribution in [-0.4, -0.2) is 24.0 Å². The molecule has 0 radical (unpaired) electrons. The topological polar surface area (TPSA) is 78.8 Å². The van der Waals surface area contributed by atoms with Gasteiger partial charge in [0.05, 0.1) is 4.92 Å². The molecule has 0 amide bonds. The van der Waals surface area contributed by atoms with Gasteiger partial charge in [-0.05, 0) is 30.3 Å². The van der Waals surface area contributed by atoms with Crippen LogP contribution < -0.4 is 0 Å². The summed E-state index contributed by atoms with van der Waals surface area (Å²) < 4.78 is 16.6. The third-order valence-corrected chi connectivity index (χ3v) is 3.92. The highest BCUT2D eigenvalue weighted by molar-refractivity contribution is 5.60. The van der Waals surface area contributed by atoms with Gasteiger partial charge in [-0.1, -0.05) is 12.1 Å². The summed E-state index contributed by atoms with van der Waals surface area (Å²) in [4.78, 5) is 19.6. The van der Waals surface area contributed by atoms with E-state index < -0.39 is 4.92 Å². The van der Waals surface area contributed by atoms with Crippen molar-refractivity contribution in [2.24, 2.45) is 0 Å². The van der Waals surface area contributed by atoms with E-state index in [1.165, 1.54) is 18.2 Å². The summed E-state index contributed by atoms with van der Waals surface area (Å²) in [5, 5.41) is 11.4. The zero-order valence-electron chi connectivity index (χ0n) is 13.4. The molecule has 0 saturated carbocycles. The molecule has 4 rings (SSSR count). The lowest BCUT2D eigenvalue weighted by Crippen LogP contribution is -2.05. The molecule has 7 nitrogen and oxygen atoms in total. The maximum atomic E-state index is 13.2. The fraction of sp³-hybridized carbons (Fsp3) is 0. The molecule has 26 heavy (non-hydrogen) atoms. The van der Waals surface area contributed by atoms with Crippen LogP contribution in [0.3, 0.4) is 0 Å². The Morgan fingerprint density at radius 3 is 2.19 bits per heavy atom. The minimum Gasteiger partial charge on any atom is -0.297 e. The van der Waals surface area contributed by atoms with E-state index >= 15 is 0 Å². The van der Waals surface area contributed by atoms with Gasteiger partial charge in [0.25, 0.3) is 5.69 Å². The summed E-state index contributed by atoms with van der Waals surface area (Å²) in [7, 11) is 0. The summed E-state index contributed by atoms with van der Waals surface area (Å²) in [6.07, 6.45) is 6.51. The maximum absolute atomic E-state index is 13.2. The van der Waals surface area contributed by atoms with Crippen LogP contribution in [0.5, 0.6) is 0 Å². The Bertz CT molecular complexity index is 1080. The number of rotatable bonds is 4. The molecule has 2 heterocycles. The largest absolute Gasteiger partial charge is 0.297 e. The standard InChI is InChI=1S/C18H12FN5O2/c19-13-5-7-14(8-6-13)22-11-9-20-17(22)18-21-10-12-23(18)15-3-1-2-4-16(15)24(25)26/h1-12H. The molecular formula is C18H12FN5O2. The van der Waals surface area contributed by atoms with Crippen molar-refractivity contribution in [1.29, 1.82) is 0 Å². The molecule has 0 aliphatic rings. The van der Waals surface area contributed by atoms with Gasteiger partial charge in [0.1, 0.15) is 11.5 Å². The number of hydrogen-bond acceptors (Lipinski definition) is 4. The van der Waals surface area contributed by atoms with E-state index in [-0.39, 0.29) is 11.5 Å². The number of benzene rings is 2. The van der Waals surface area contributed by atoms with Crippen LogP contribution in [0.4, 0.5) is 10.1 Å². The highest BCUT2D eigenvalue weighted by Crippen LogP contribution is 2.28. The first kappa shape index (κ1) is 15.7. The highest BCUT2D eigenvalue weighted by atomic mass is 19.1. The Balaban J connectivity index is 1.87. The fourth-order valence-corrected chi connectivity index (χ4v) is 2.76. The van der Waals surface area contributed by atoms with E-state index in [1.807, 2.05) is 0 Å². The van der Waals surface area contributed by atoms with Gasteiger partial charge in [-0.3, -0.25) is 19.2 Å². The van der Waals surface area contributed by atoms with Crippen molar-refractivity contribution in [3.8, 4) is 23.0 Å². The Morgan fingerprint density at radius 2 is 1.50 bits per heavy atom. The smallest absolute Gasteiger partial charge is 0.293 e. The number of imidazole rings is 2. The zero-order valence-corrected chi connectivity index (χ0v) is 13.4. The summed E-state index contributed by atoms with van der Waals surface area (Å²) in [6, 6.07) is 12.4. The molecule has 2 aromatic heterocycles. The third-order valence-electron chi connectivity index (χ3n) is 3.92. The number of aromatic nitrogens is 4. The molecule has 128 valence electrons. The van der Waals surface area contributed by atoms with Crippen LogP contribution in [0, 0.1) is 15.9 Å². The molecule has 0 atom stereocenters. The van der Waals surface area contributed by atoms with Crippen LogP contribution in [0.2, 0.25) is 0 Å². The van der Waals surface area contributed by atoms with Gasteiger partial charge in [-0.25, -0.2) is 14.4 Å². The van der Waals surface area contributed by atoms with Gasteiger partial charge in [0, 0.05) is 36.5 Å². The van der Waals surface area contributed by atoms with E-state index in [9.17, 15) is 14.5 Å². The normalized spacial score (nSPS) is 10.8. The molecule has 0 spiro atoms. The van der Waals surface area contributed by atoms with Gasteiger partial charge >= 0.3 is 0 Å². The van der Waals surface area contributed by atoms with E-state index in [2.05, 4.69) is 9.97 Å². The van der Waals surface area contributed by atoms with E-state index in [0.717, 1.165) is 0 Å². The number of hydrogen-bond donors (Lipinski definition) is 0. The lowest BCUT2D eigenvalue weighted by Gasteiger charge is -2.10. The molecule has 0 unspecified atom stereocenters. The molecule has 0 bridgehead atoms. The van der Waals surface area contributed by atoms with Crippen molar-refractivity contribution in [1.82, 2.24) is 19.1 Å². The first-order valence-corrected chi connectivity index (χ1v) is 7.72. The summed E-state index contributed by atoms with van der Waals surface area (Å²) >= 11 is 0. The van der Waals surface area contributed by atoms with Crippen molar-refractivity contribution in [3.05, 3.63) is 89.2 Å². The molecule has 0 N–H and O–H groups in total. The van der Waals surface area contributed by atoms with Crippen LogP contribution >= 0.6 is 0 Å². The minimum absolute atomic E-state index is 0.0355. The van der Waals surface area contributed by atoms with Gasteiger partial charge in [-0.15, -0.1) is 0 Å². The third kappa shape index (κ3) is 2.63. The number of nitro groups is 1. The number of para-hydroxylation sites is 2. The molecular weight excluding hydrogens is 337 g/mol. The number of nitro benzene ring substituents is 1. The van der Waals surface area contributed by atoms with Crippen LogP contribution in [0.1, 0.15) is 0 Å². The van der Waals surface area contributed by atoms with E-state index in [1.54, 1.807) is 64.3 Å². The van der Waals surface area contributed by atoms with Crippen molar-refractivity contribution >= 4 is 5.69 Å². The highest BCUT2D eigenvalue weighted by Gasteiger charge is 2.20. The van der Waals surface area contributed by atoms with Crippen molar-refractivity contribution in [2.45, 2.75) is 0 Å². The van der Waals surface area contributed by atoms with Gasteiger partial charge in [0.2, 0.25) is 0 Å². The SMILES string of the molecule is O=[N+]([O-])c1ccccc1-n1ccnc1-c1nccn1-c1ccc(F)cc1. The molecule has 8 heteroatoms. The number of halogens is 1. The monoisotopic (exact) mass is 349 g/mol. The predicted octanol–water partition coefficient (Wildman–Crippen LogP) is 3.77. The molecule has 0 saturated heterocycles. The van der Waals surface area contributed by atoms with Gasteiger partial charge in [-0.2, -0.15) is 0 Å². The summed E-state index contributed by atoms with van der Waals surface area (Å²) in [5.41, 5.74) is 1.06. The first-order valence-electron chi connectivity index (χ1n) is 7.72. The molecule has 0 fully saturated rings.